The van der Waals surface area contributed by atoms with Crippen LogP contribution >= 0.6 is 0 Å². The number of hydrogen-bond donors (Lipinski definition) is 0. The number of alkyl halides is 2. The quantitative estimate of drug-likeness (QED) is 0.308. The summed E-state index contributed by atoms with van der Waals surface area (Å²) < 4.78 is 45.3. The van der Waals surface area contributed by atoms with Gasteiger partial charge in [0.1, 0.15) is 6.10 Å². The summed E-state index contributed by atoms with van der Waals surface area (Å²) in [5.74, 6) is -4.80. The largest absolute Gasteiger partial charge is 0.453 e. The number of halogens is 2. The van der Waals surface area contributed by atoms with Gasteiger partial charge in [-0.05, 0) is 16.6 Å². The number of carbonyl (C=O) groups is 1. The van der Waals surface area contributed by atoms with Crippen LogP contribution in [-0.2, 0) is 25.6 Å². The Balaban J connectivity index is 2.29. The summed E-state index contributed by atoms with van der Waals surface area (Å²) in [7, 11) is 0. The van der Waals surface area contributed by atoms with E-state index in [9.17, 15) is 13.6 Å². The zero-order valence-corrected chi connectivity index (χ0v) is 14.2. The lowest BCUT2D eigenvalue weighted by Crippen LogP contribution is -2.63. The highest BCUT2D eigenvalue weighted by atomic mass is 19.3. The second-order valence-corrected chi connectivity index (χ2v) is 5.61. The van der Waals surface area contributed by atoms with Crippen molar-refractivity contribution >= 4 is 5.97 Å². The van der Waals surface area contributed by atoms with Crippen LogP contribution in [0.5, 0.6) is 0 Å². The van der Waals surface area contributed by atoms with Crippen molar-refractivity contribution < 1.29 is 27.8 Å². The Morgan fingerprint density at radius 1 is 1.30 bits per heavy atom. The van der Waals surface area contributed by atoms with Gasteiger partial charge in [0.25, 0.3) is 5.92 Å². The molecule has 12 heteroatoms. The molecule has 1 aliphatic rings. The fourth-order valence-corrected chi connectivity index (χ4v) is 2.57. The van der Waals surface area contributed by atoms with Crippen LogP contribution in [0.4, 0.5) is 8.78 Å². The first-order chi connectivity index (χ1) is 12.9. The zero-order chi connectivity index (χ0) is 19.9. The molecule has 1 aromatic carbocycles. The average Bonchev–Trinajstić information content (AvgIpc) is 2.64. The first-order valence-electron chi connectivity index (χ1n) is 7.81. The molecule has 4 unspecified atom stereocenters. The Hall–Kier alpha value is -2.91. The molecule has 0 bridgehead atoms. The maximum absolute atomic E-state index is 14.9. The zero-order valence-electron chi connectivity index (χ0n) is 14.2. The van der Waals surface area contributed by atoms with Crippen molar-refractivity contribution in [2.24, 2.45) is 10.2 Å². The molecule has 0 radical (unpaired) electrons. The van der Waals surface area contributed by atoms with Crippen molar-refractivity contribution in [1.29, 1.82) is 0 Å². The van der Waals surface area contributed by atoms with Gasteiger partial charge in [-0.1, -0.05) is 40.6 Å². The molecule has 27 heavy (non-hydrogen) atoms. The van der Waals surface area contributed by atoms with E-state index in [1.807, 2.05) is 0 Å². The molecule has 4 atom stereocenters. The van der Waals surface area contributed by atoms with Gasteiger partial charge in [-0.15, -0.1) is 0 Å². The van der Waals surface area contributed by atoms with E-state index >= 15 is 0 Å². The summed E-state index contributed by atoms with van der Waals surface area (Å²) in [5, 5.41) is 6.30. The van der Waals surface area contributed by atoms with E-state index in [0.29, 0.717) is 5.56 Å². The van der Waals surface area contributed by atoms with Gasteiger partial charge >= 0.3 is 5.97 Å². The summed E-state index contributed by atoms with van der Waals surface area (Å²) in [6.07, 6.45) is -5.22. The Morgan fingerprint density at radius 2 is 2.00 bits per heavy atom. The molecule has 1 aliphatic heterocycles. The molecule has 0 spiro atoms. The molecule has 1 heterocycles. The maximum Gasteiger partial charge on any atom is 0.303 e. The monoisotopic (exact) mass is 382 g/mol. The molecule has 0 aromatic heterocycles. The number of nitrogens with zero attached hydrogens (tertiary/aromatic N) is 6. The fraction of sp³-hybridized carbons (Fsp3) is 0.533. The van der Waals surface area contributed by atoms with Crippen LogP contribution in [-0.4, -0.2) is 43.0 Å². The van der Waals surface area contributed by atoms with Gasteiger partial charge in [0.2, 0.25) is 0 Å². The number of azide groups is 2. The maximum atomic E-state index is 14.9. The Kier molecular flexibility index (Phi) is 6.91. The summed E-state index contributed by atoms with van der Waals surface area (Å²) in [6.45, 7) is 0.324. The van der Waals surface area contributed by atoms with Crippen LogP contribution in [0.1, 0.15) is 12.5 Å². The van der Waals surface area contributed by atoms with Gasteiger partial charge in [-0.3, -0.25) is 4.79 Å². The predicted octanol–water partition coefficient (Wildman–Crippen LogP) is 3.48. The summed E-state index contributed by atoms with van der Waals surface area (Å²) >= 11 is 0. The third kappa shape index (κ3) is 5.05. The van der Waals surface area contributed by atoms with Crippen molar-refractivity contribution in [3.8, 4) is 0 Å². The molecule has 2 rings (SSSR count). The molecule has 0 N–H and O–H groups in total. The molecule has 144 valence electrons. The second kappa shape index (κ2) is 9.15. The standard InChI is InChI=1S/C15H16F2N6O4/c1-9(24)26-13-11(7-20-22-18)27-14(12(21-23-19)15(13,16)17)25-8-10-5-3-2-4-6-10/h2-6,11-14H,7-8H2,1H3. The van der Waals surface area contributed by atoms with Crippen LogP contribution in [0.2, 0.25) is 0 Å². The van der Waals surface area contributed by atoms with Crippen molar-refractivity contribution in [2.45, 2.75) is 44.0 Å². The minimum atomic E-state index is -3.81. The first-order valence-corrected chi connectivity index (χ1v) is 7.81. The number of hydrogen-bond acceptors (Lipinski definition) is 6. The van der Waals surface area contributed by atoms with Gasteiger partial charge in [-0.25, -0.2) is 8.78 Å². The van der Waals surface area contributed by atoms with E-state index in [0.717, 1.165) is 6.92 Å². The van der Waals surface area contributed by atoms with Crippen molar-refractivity contribution in [2.75, 3.05) is 6.54 Å². The Bertz CT molecular complexity index is 752. The smallest absolute Gasteiger partial charge is 0.303 e. The number of carbonyl (C=O) groups excluding carboxylic acids is 1. The normalized spacial score (nSPS) is 26.3. The van der Waals surface area contributed by atoms with Crippen LogP contribution in [0, 0.1) is 0 Å². The topological polar surface area (TPSA) is 142 Å². The van der Waals surface area contributed by atoms with E-state index in [1.165, 1.54) is 0 Å². The SMILES string of the molecule is CC(=O)OC1C(CN=[N+]=[N-])OC(OCc2ccccc2)C(N=[N+]=[N-])C1(F)F. The molecular weight excluding hydrogens is 366 g/mol. The molecule has 10 nitrogen and oxygen atoms in total. The second-order valence-electron chi connectivity index (χ2n) is 5.61. The van der Waals surface area contributed by atoms with Crippen molar-refractivity contribution in [3.05, 3.63) is 56.8 Å². The molecule has 0 saturated carbocycles. The van der Waals surface area contributed by atoms with Gasteiger partial charge < -0.3 is 14.2 Å². The van der Waals surface area contributed by atoms with E-state index < -0.39 is 43.0 Å². The van der Waals surface area contributed by atoms with E-state index in [2.05, 4.69) is 24.8 Å². The van der Waals surface area contributed by atoms with Gasteiger partial charge in [0, 0.05) is 16.7 Å². The molecule has 1 aromatic rings. The van der Waals surface area contributed by atoms with Crippen LogP contribution < -0.4 is 0 Å². The van der Waals surface area contributed by atoms with Crippen LogP contribution in [0.15, 0.2) is 40.6 Å². The minimum Gasteiger partial charge on any atom is -0.453 e. The highest BCUT2D eigenvalue weighted by molar-refractivity contribution is 5.66. The number of benzene rings is 1. The molecule has 1 fully saturated rings. The highest BCUT2D eigenvalue weighted by Gasteiger charge is 2.60. The first kappa shape index (κ1) is 20.4. The van der Waals surface area contributed by atoms with E-state index in [4.69, 9.17) is 20.5 Å². The number of rotatable bonds is 7. The highest BCUT2D eigenvalue weighted by Crippen LogP contribution is 2.39. The molecule has 0 amide bonds. The number of ether oxygens (including phenoxy) is 3. The van der Waals surface area contributed by atoms with Gasteiger partial charge in [0.05, 0.1) is 13.2 Å². The molecule has 0 aliphatic carbocycles. The lowest BCUT2D eigenvalue weighted by molar-refractivity contribution is -0.306. The summed E-state index contributed by atoms with van der Waals surface area (Å²) in [6, 6.07) is 6.59. The predicted molar refractivity (Wildman–Crippen MR) is 87.3 cm³/mol. The number of esters is 1. The van der Waals surface area contributed by atoms with E-state index in [-0.39, 0.29) is 6.61 Å². The van der Waals surface area contributed by atoms with Gasteiger partial charge in [0.15, 0.2) is 18.4 Å². The van der Waals surface area contributed by atoms with Crippen molar-refractivity contribution in [3.63, 3.8) is 0 Å². The van der Waals surface area contributed by atoms with Gasteiger partial charge in [-0.2, -0.15) is 0 Å². The third-order valence-corrected chi connectivity index (χ3v) is 3.73. The van der Waals surface area contributed by atoms with Crippen LogP contribution in [0.25, 0.3) is 20.9 Å². The lowest BCUT2D eigenvalue weighted by atomic mass is 9.95. The lowest BCUT2D eigenvalue weighted by Gasteiger charge is -2.43. The third-order valence-electron chi connectivity index (χ3n) is 3.73. The fourth-order valence-electron chi connectivity index (χ4n) is 2.57. The van der Waals surface area contributed by atoms with Crippen LogP contribution in [0.3, 0.4) is 0 Å². The Labute approximate surface area is 152 Å². The molecule has 1 saturated heterocycles. The molecular formula is C15H16F2N6O4. The summed E-state index contributed by atoms with van der Waals surface area (Å²) in [4.78, 5) is 16.2. The van der Waals surface area contributed by atoms with E-state index in [1.54, 1.807) is 30.3 Å². The average molecular weight is 382 g/mol. The Morgan fingerprint density at radius 3 is 2.59 bits per heavy atom. The summed E-state index contributed by atoms with van der Waals surface area (Å²) in [5.41, 5.74) is 17.8. The van der Waals surface area contributed by atoms with Crippen molar-refractivity contribution in [1.82, 2.24) is 0 Å². The minimum absolute atomic E-state index is 0.0918.